The highest BCUT2D eigenvalue weighted by Gasteiger charge is 2.72. The predicted molar refractivity (Wildman–Crippen MR) is 174 cm³/mol. The fourth-order valence-electron chi connectivity index (χ4n) is 7.62. The number of rotatable bonds is 11. The van der Waals surface area contributed by atoms with Crippen LogP contribution in [-0.2, 0) is 26.9 Å². The first-order valence-corrected chi connectivity index (χ1v) is 19.3. The summed E-state index contributed by atoms with van der Waals surface area (Å²) in [7, 11) is -2.15. The van der Waals surface area contributed by atoms with Gasteiger partial charge in [0.05, 0.1) is 12.1 Å². The van der Waals surface area contributed by atoms with E-state index in [1.54, 1.807) is 4.90 Å². The fraction of sp³-hybridized carbons (Fsp3) is 0.611. The minimum absolute atomic E-state index is 0.0397. The number of carbonyl (C=O) groups is 2. The number of hydrogen-bond donors (Lipinski definition) is 1. The van der Waals surface area contributed by atoms with Crippen molar-refractivity contribution in [2.75, 3.05) is 0 Å². The normalized spacial score (nSPS) is 26.1. The van der Waals surface area contributed by atoms with Crippen molar-refractivity contribution in [1.82, 2.24) is 4.90 Å². The molecule has 0 unspecified atom stereocenters. The van der Waals surface area contributed by atoms with Crippen molar-refractivity contribution >= 4 is 20.2 Å². The van der Waals surface area contributed by atoms with Crippen molar-refractivity contribution in [1.29, 1.82) is 0 Å². The molecule has 0 heterocycles. The first-order chi connectivity index (χ1) is 19.9. The van der Waals surface area contributed by atoms with Crippen LogP contribution in [0.4, 0.5) is 4.79 Å². The Bertz CT molecular complexity index is 1270. The monoisotopic (exact) mass is 607 g/mol. The summed E-state index contributed by atoms with van der Waals surface area (Å²) in [6.45, 7) is 19.0. The van der Waals surface area contributed by atoms with E-state index in [0.29, 0.717) is 18.8 Å². The van der Waals surface area contributed by atoms with Crippen LogP contribution in [0.5, 0.6) is 0 Å². The summed E-state index contributed by atoms with van der Waals surface area (Å²) < 4.78 is 12.8. The molecule has 236 valence electrons. The summed E-state index contributed by atoms with van der Waals surface area (Å²) in [6.07, 6.45) is 1.39. The summed E-state index contributed by atoms with van der Waals surface area (Å²) in [4.78, 5) is 30.1. The van der Waals surface area contributed by atoms with E-state index in [4.69, 9.17) is 9.16 Å². The number of carbonyl (C=O) groups excluding carboxylic acids is 2. The molecule has 0 radical (unpaired) electrons. The molecule has 7 heteroatoms. The number of aliphatic hydroxyl groups excluding tert-OH is 1. The van der Waals surface area contributed by atoms with Gasteiger partial charge in [-0.3, -0.25) is 9.69 Å². The Morgan fingerprint density at radius 1 is 0.977 bits per heavy atom. The molecule has 2 aromatic carbocycles. The van der Waals surface area contributed by atoms with E-state index in [1.165, 1.54) is 0 Å². The van der Waals surface area contributed by atoms with Crippen molar-refractivity contribution in [3.8, 4) is 0 Å². The van der Waals surface area contributed by atoms with Crippen LogP contribution in [0, 0.1) is 16.7 Å². The number of hydrogen-bond acceptors (Lipinski definition) is 5. The Labute approximate surface area is 260 Å². The van der Waals surface area contributed by atoms with Crippen LogP contribution in [0.1, 0.15) is 78.4 Å². The van der Waals surface area contributed by atoms with Crippen molar-refractivity contribution in [2.24, 2.45) is 16.7 Å². The van der Waals surface area contributed by atoms with Crippen LogP contribution in [-0.4, -0.2) is 53.5 Å². The molecule has 6 nitrogen and oxygen atoms in total. The second-order valence-electron chi connectivity index (χ2n) is 15.6. The lowest BCUT2D eigenvalue weighted by atomic mass is 9.62. The van der Waals surface area contributed by atoms with Gasteiger partial charge >= 0.3 is 6.09 Å². The lowest BCUT2D eigenvalue weighted by Crippen LogP contribution is -2.60. The first-order valence-electron chi connectivity index (χ1n) is 15.9. The molecule has 1 N–H and O–H groups in total. The van der Waals surface area contributed by atoms with Gasteiger partial charge in [0, 0.05) is 18.4 Å². The van der Waals surface area contributed by atoms with Gasteiger partial charge in [0.15, 0.2) is 14.1 Å². The van der Waals surface area contributed by atoms with Gasteiger partial charge in [-0.15, -0.1) is 0 Å². The summed E-state index contributed by atoms with van der Waals surface area (Å²) >= 11 is 0. The number of nitrogens with zero attached hydrogens (tertiary/aromatic N) is 1. The summed E-state index contributed by atoms with van der Waals surface area (Å²) in [5, 5.41) is 12.1. The maximum Gasteiger partial charge on any atom is 0.410 e. The smallest absolute Gasteiger partial charge is 0.410 e. The Morgan fingerprint density at radius 2 is 1.53 bits per heavy atom. The Balaban J connectivity index is 1.73. The fourth-order valence-corrected chi connectivity index (χ4v) is 9.09. The third kappa shape index (κ3) is 6.94. The van der Waals surface area contributed by atoms with E-state index in [0.717, 1.165) is 24.0 Å². The molecule has 2 aliphatic carbocycles. The Hall–Kier alpha value is -2.48. The van der Waals surface area contributed by atoms with Crippen LogP contribution < -0.4 is 0 Å². The predicted octanol–water partition coefficient (Wildman–Crippen LogP) is 7.79. The van der Waals surface area contributed by atoms with Crippen LogP contribution in [0.15, 0.2) is 60.7 Å². The van der Waals surface area contributed by atoms with Gasteiger partial charge in [-0.05, 0) is 88.6 Å². The summed E-state index contributed by atoms with van der Waals surface area (Å²) in [5.41, 5.74) is -0.147. The lowest BCUT2D eigenvalue weighted by molar-refractivity contribution is -0.154. The van der Waals surface area contributed by atoms with Crippen LogP contribution >= 0.6 is 0 Å². The second kappa shape index (κ2) is 12.1. The zero-order valence-corrected chi connectivity index (χ0v) is 28.8. The summed E-state index contributed by atoms with van der Waals surface area (Å²) in [5.74, 6) is 0.355. The van der Waals surface area contributed by atoms with Gasteiger partial charge in [0.1, 0.15) is 11.2 Å². The molecule has 43 heavy (non-hydrogen) atoms. The molecular formula is C36H53NO5Si. The molecule has 0 spiro atoms. The average molecular weight is 608 g/mol. The minimum Gasteiger partial charge on any atom is -0.444 e. The molecule has 2 aromatic rings. The quantitative estimate of drug-likeness (QED) is 0.264. The number of amides is 1. The van der Waals surface area contributed by atoms with Crippen molar-refractivity contribution < 1.29 is 23.9 Å². The maximum absolute atomic E-state index is 14.7. The number of fused-ring (bicyclic) bond motifs is 2. The molecule has 2 fully saturated rings. The largest absolute Gasteiger partial charge is 0.444 e. The van der Waals surface area contributed by atoms with E-state index < -0.39 is 37.8 Å². The number of benzene rings is 2. The highest BCUT2D eigenvalue weighted by atomic mass is 28.4. The molecule has 2 saturated carbocycles. The van der Waals surface area contributed by atoms with Crippen LogP contribution in [0.25, 0.3) is 0 Å². The summed E-state index contributed by atoms with van der Waals surface area (Å²) in [6, 6.07) is 18.9. The molecule has 5 atom stereocenters. The molecule has 2 bridgehead atoms. The van der Waals surface area contributed by atoms with Crippen LogP contribution in [0.3, 0.4) is 0 Å². The van der Waals surface area contributed by atoms with Crippen molar-refractivity contribution in [3.63, 3.8) is 0 Å². The topological polar surface area (TPSA) is 76.1 Å². The third-order valence-electron chi connectivity index (χ3n) is 10.1. The number of ketones is 1. The number of Topliss-reactive ketones (excluding diaryl/α,β-unsaturated/α-hetero) is 1. The zero-order valence-electron chi connectivity index (χ0n) is 27.8. The number of aliphatic hydroxyl groups is 1. The van der Waals surface area contributed by atoms with Gasteiger partial charge in [-0.1, -0.05) is 81.4 Å². The Kier molecular flexibility index (Phi) is 9.43. The van der Waals surface area contributed by atoms with E-state index in [-0.39, 0.29) is 29.6 Å². The molecule has 4 rings (SSSR count). The average Bonchev–Trinajstić information content (AvgIpc) is 3.22. The van der Waals surface area contributed by atoms with Crippen LogP contribution in [0.2, 0.25) is 19.6 Å². The van der Waals surface area contributed by atoms with Gasteiger partial charge in [0.25, 0.3) is 0 Å². The zero-order chi connectivity index (χ0) is 31.8. The second-order valence-corrected chi connectivity index (χ2v) is 20.0. The van der Waals surface area contributed by atoms with Crippen molar-refractivity contribution in [2.45, 2.75) is 123 Å². The minimum atomic E-state index is -2.15. The van der Waals surface area contributed by atoms with Gasteiger partial charge < -0.3 is 14.3 Å². The van der Waals surface area contributed by atoms with E-state index >= 15 is 0 Å². The molecule has 2 aliphatic rings. The van der Waals surface area contributed by atoms with E-state index in [2.05, 4.69) is 40.4 Å². The molecule has 1 amide bonds. The highest BCUT2D eigenvalue weighted by Crippen LogP contribution is 2.71. The van der Waals surface area contributed by atoms with Gasteiger partial charge in [-0.25, -0.2) is 4.79 Å². The van der Waals surface area contributed by atoms with Gasteiger partial charge in [0.2, 0.25) is 0 Å². The molecule has 0 aliphatic heterocycles. The standard InChI is InChI=1S/C36H53NO5Si/c1-33(2,3)41-32(40)37(25-27-18-14-11-15-19-27)29(22-26-16-12-10-13-17-26)30(38)23-31(39)36(42-43(7,8)9)24-28-20-21-35(36,6)34(28,4)5/h10-19,28-30,38H,20-25H2,1-9H3/t28-,29+,30-,35-,36+/m1/s1. The highest BCUT2D eigenvalue weighted by molar-refractivity contribution is 6.70. The Morgan fingerprint density at radius 3 is 2.00 bits per heavy atom. The van der Waals surface area contributed by atoms with Crippen molar-refractivity contribution in [3.05, 3.63) is 71.8 Å². The first kappa shape index (κ1) is 33.4. The maximum atomic E-state index is 14.7. The number of ether oxygens (including phenoxy) is 1. The lowest BCUT2D eigenvalue weighted by Gasteiger charge is -2.50. The van der Waals surface area contributed by atoms with Gasteiger partial charge in [-0.2, -0.15) is 0 Å². The van der Waals surface area contributed by atoms with E-state index in [9.17, 15) is 14.7 Å². The molecular weight excluding hydrogens is 554 g/mol. The molecule has 0 aromatic heterocycles. The SMILES string of the molecule is CC(C)(C)OC(=O)N(Cc1ccccc1)[C@@H](Cc1ccccc1)[C@H](O)CC(=O)[C@@]1(O[Si](C)(C)C)C[C@H]2CC[C@]1(C)C2(C)C. The third-order valence-corrected chi connectivity index (χ3v) is 11.1. The molecule has 0 saturated heterocycles. The van der Waals surface area contributed by atoms with E-state index in [1.807, 2.05) is 81.4 Å².